The average Bonchev–Trinajstić information content (AvgIpc) is 2.53. The molecule has 0 aliphatic carbocycles. The summed E-state index contributed by atoms with van der Waals surface area (Å²) in [5, 5.41) is 0.517. The van der Waals surface area contributed by atoms with Crippen molar-refractivity contribution in [2.75, 3.05) is 0 Å². The molecule has 0 amide bonds. The van der Waals surface area contributed by atoms with E-state index in [1.807, 2.05) is 24.3 Å². The van der Waals surface area contributed by atoms with Crippen molar-refractivity contribution in [2.45, 2.75) is 4.90 Å². The topological polar surface area (TPSA) is 12.4 Å². The standard InChI is InChI=1S/C9H5Cl2NS3/c10-7-8(11)14-15-9(7)12-5-3-1-2-4-6(5)13/h1-4,13H. The zero-order valence-corrected chi connectivity index (χ0v) is 11.3. The van der Waals surface area contributed by atoms with Gasteiger partial charge >= 0.3 is 0 Å². The third kappa shape index (κ3) is 2.57. The van der Waals surface area contributed by atoms with E-state index in [2.05, 4.69) is 17.6 Å². The van der Waals surface area contributed by atoms with E-state index < -0.39 is 0 Å². The van der Waals surface area contributed by atoms with E-state index in [-0.39, 0.29) is 0 Å². The maximum atomic E-state index is 5.98. The van der Waals surface area contributed by atoms with Gasteiger partial charge in [0.1, 0.15) is 14.0 Å². The van der Waals surface area contributed by atoms with Gasteiger partial charge in [-0.25, -0.2) is 4.99 Å². The zero-order valence-electron chi connectivity index (χ0n) is 7.28. The van der Waals surface area contributed by atoms with E-state index in [0.717, 1.165) is 15.3 Å². The molecule has 6 heteroatoms. The Hall–Kier alpha value is -0.000000000000000222. The molecule has 15 heavy (non-hydrogen) atoms. The van der Waals surface area contributed by atoms with Crippen LogP contribution in [0.2, 0.25) is 9.36 Å². The van der Waals surface area contributed by atoms with Crippen LogP contribution in [0, 0.1) is 0 Å². The molecule has 1 aromatic heterocycles. The van der Waals surface area contributed by atoms with Gasteiger partial charge < -0.3 is 0 Å². The molecule has 0 fully saturated rings. The van der Waals surface area contributed by atoms with Crippen LogP contribution in [0.5, 0.6) is 0 Å². The second-order valence-electron chi connectivity index (χ2n) is 2.66. The van der Waals surface area contributed by atoms with Crippen LogP contribution in [0.4, 0.5) is 5.69 Å². The summed E-state index contributed by atoms with van der Waals surface area (Å²) in [7, 11) is 2.87. The summed E-state index contributed by atoms with van der Waals surface area (Å²) in [6, 6.07) is 7.59. The number of rotatable bonds is 1. The van der Waals surface area contributed by atoms with E-state index in [1.54, 1.807) is 0 Å². The van der Waals surface area contributed by atoms with Gasteiger partial charge in [-0.05, 0) is 12.1 Å². The lowest BCUT2D eigenvalue weighted by Gasteiger charge is -1.95. The molecule has 0 aliphatic heterocycles. The molecule has 0 saturated heterocycles. The van der Waals surface area contributed by atoms with Crippen LogP contribution in [-0.4, -0.2) is 0 Å². The molecule has 1 aromatic carbocycles. The number of benzene rings is 1. The predicted octanol–water partition coefficient (Wildman–Crippen LogP) is 4.64. The number of halogens is 2. The molecule has 0 unspecified atom stereocenters. The van der Waals surface area contributed by atoms with E-state index in [0.29, 0.717) is 9.36 Å². The normalized spacial score (nSPS) is 12.1. The van der Waals surface area contributed by atoms with Crippen molar-refractivity contribution < 1.29 is 0 Å². The molecule has 0 N–H and O–H groups in total. The highest BCUT2D eigenvalue weighted by molar-refractivity contribution is 7.80. The van der Waals surface area contributed by atoms with Crippen molar-refractivity contribution in [3.8, 4) is 0 Å². The maximum Gasteiger partial charge on any atom is 0.147 e. The van der Waals surface area contributed by atoms with Crippen molar-refractivity contribution >= 4 is 62.2 Å². The van der Waals surface area contributed by atoms with E-state index in [4.69, 9.17) is 23.2 Å². The summed E-state index contributed by atoms with van der Waals surface area (Å²) in [6.07, 6.45) is 0. The molecular formula is C9H5Cl2NS3. The smallest absolute Gasteiger partial charge is 0.147 e. The largest absolute Gasteiger partial charge is 0.235 e. The van der Waals surface area contributed by atoms with Gasteiger partial charge in [0.15, 0.2) is 0 Å². The molecule has 0 spiro atoms. The Labute approximate surface area is 110 Å². The quantitative estimate of drug-likeness (QED) is 0.581. The summed E-state index contributed by atoms with van der Waals surface area (Å²) >= 11 is 16.1. The molecule has 1 heterocycles. The summed E-state index contributed by atoms with van der Waals surface area (Å²) in [6.45, 7) is 0. The van der Waals surface area contributed by atoms with Crippen molar-refractivity contribution in [3.05, 3.63) is 38.3 Å². The van der Waals surface area contributed by atoms with Crippen LogP contribution in [0.1, 0.15) is 0 Å². The summed E-state index contributed by atoms with van der Waals surface area (Å²) in [4.78, 5) is 5.22. The highest BCUT2D eigenvalue weighted by Gasteiger charge is 2.04. The number of hydrogen-bond acceptors (Lipinski definition) is 4. The van der Waals surface area contributed by atoms with Crippen molar-refractivity contribution in [2.24, 2.45) is 4.99 Å². The highest BCUT2D eigenvalue weighted by atomic mass is 35.5. The Morgan fingerprint density at radius 2 is 1.87 bits per heavy atom. The van der Waals surface area contributed by atoms with Crippen LogP contribution in [-0.2, 0) is 0 Å². The number of hydrogen-bond donors (Lipinski definition) is 1. The molecule has 0 bridgehead atoms. The molecule has 0 radical (unpaired) electrons. The first kappa shape index (κ1) is 11.5. The lowest BCUT2D eigenvalue weighted by atomic mass is 10.3. The predicted molar refractivity (Wildman–Crippen MR) is 71.1 cm³/mol. The second-order valence-corrected chi connectivity index (χ2v) is 6.25. The van der Waals surface area contributed by atoms with Gasteiger partial charge in [0.2, 0.25) is 0 Å². The fourth-order valence-corrected chi connectivity index (χ4v) is 3.92. The Morgan fingerprint density at radius 1 is 1.13 bits per heavy atom. The molecule has 78 valence electrons. The Balaban J connectivity index is 2.56. The maximum absolute atomic E-state index is 5.98. The molecule has 0 saturated carbocycles. The van der Waals surface area contributed by atoms with Crippen LogP contribution in [0.15, 0.2) is 34.2 Å². The van der Waals surface area contributed by atoms with Crippen molar-refractivity contribution in [1.29, 1.82) is 0 Å². The van der Waals surface area contributed by atoms with Gasteiger partial charge in [-0.3, -0.25) is 0 Å². The van der Waals surface area contributed by atoms with Gasteiger partial charge in [0.05, 0.1) is 5.69 Å². The molecule has 2 rings (SSSR count). The van der Waals surface area contributed by atoms with E-state index in [9.17, 15) is 0 Å². The fraction of sp³-hybridized carbons (Fsp3) is 0. The Morgan fingerprint density at radius 3 is 2.47 bits per heavy atom. The lowest BCUT2D eigenvalue weighted by molar-refractivity contribution is 1.32. The number of nitrogens with zero attached hydrogens (tertiary/aromatic N) is 1. The molecule has 0 atom stereocenters. The highest BCUT2D eigenvalue weighted by Crippen LogP contribution is 2.28. The minimum atomic E-state index is 0.517. The monoisotopic (exact) mass is 293 g/mol. The Kier molecular flexibility index (Phi) is 3.74. The first-order valence-corrected chi connectivity index (χ1v) is 7.30. The molecule has 0 aliphatic rings. The van der Waals surface area contributed by atoms with Crippen LogP contribution in [0.3, 0.4) is 0 Å². The van der Waals surface area contributed by atoms with E-state index in [1.165, 1.54) is 20.7 Å². The third-order valence-corrected chi connectivity index (χ3v) is 5.53. The summed E-state index contributed by atoms with van der Waals surface area (Å²) in [5.74, 6) is 0. The second kappa shape index (κ2) is 4.89. The van der Waals surface area contributed by atoms with Crippen molar-refractivity contribution in [1.82, 2.24) is 0 Å². The van der Waals surface area contributed by atoms with Gasteiger partial charge in [-0.2, -0.15) is 0 Å². The van der Waals surface area contributed by atoms with Gasteiger partial charge in [0.25, 0.3) is 0 Å². The first-order valence-electron chi connectivity index (χ1n) is 3.95. The minimum Gasteiger partial charge on any atom is -0.235 e. The average molecular weight is 294 g/mol. The number of para-hydroxylation sites is 1. The van der Waals surface area contributed by atoms with E-state index >= 15 is 0 Å². The molecule has 1 nitrogen and oxygen atoms in total. The van der Waals surface area contributed by atoms with Crippen LogP contribution in [0.25, 0.3) is 0 Å². The lowest BCUT2D eigenvalue weighted by Crippen LogP contribution is -1.91. The van der Waals surface area contributed by atoms with Gasteiger partial charge in [-0.1, -0.05) is 56.0 Å². The van der Waals surface area contributed by atoms with Crippen LogP contribution < -0.4 is 4.67 Å². The zero-order chi connectivity index (χ0) is 10.8. The molecule has 2 aromatic rings. The van der Waals surface area contributed by atoms with Crippen molar-refractivity contribution in [3.63, 3.8) is 0 Å². The Bertz CT molecular complexity index is 544. The number of thiol groups is 1. The third-order valence-electron chi connectivity index (χ3n) is 1.66. The first-order chi connectivity index (χ1) is 7.18. The van der Waals surface area contributed by atoms with Gasteiger partial charge in [-0.15, -0.1) is 12.6 Å². The fourth-order valence-electron chi connectivity index (χ4n) is 0.969. The summed E-state index contributed by atoms with van der Waals surface area (Å²) in [5.41, 5.74) is 0.799. The van der Waals surface area contributed by atoms with Crippen LogP contribution >= 0.6 is 56.5 Å². The minimum absolute atomic E-state index is 0.517. The molecular weight excluding hydrogens is 289 g/mol. The SMILES string of the molecule is Sc1ccccc1N=c1ssc(Cl)c1Cl. The summed E-state index contributed by atoms with van der Waals surface area (Å²) < 4.78 is 1.31. The van der Waals surface area contributed by atoms with Gasteiger partial charge in [0, 0.05) is 4.90 Å².